The van der Waals surface area contributed by atoms with Gasteiger partial charge in [0.25, 0.3) is 0 Å². The molecular weight excluding hydrogens is 332 g/mol. The highest BCUT2D eigenvalue weighted by molar-refractivity contribution is 7.18. The normalized spacial score (nSPS) is 20.1. The van der Waals surface area contributed by atoms with E-state index in [1.54, 1.807) is 19.1 Å². The van der Waals surface area contributed by atoms with Crippen molar-refractivity contribution in [2.24, 2.45) is 0 Å². The molecule has 130 valence electrons. The molecule has 25 heavy (non-hydrogen) atoms. The van der Waals surface area contributed by atoms with Gasteiger partial charge >= 0.3 is 0 Å². The van der Waals surface area contributed by atoms with E-state index in [0.29, 0.717) is 6.04 Å². The van der Waals surface area contributed by atoms with Crippen LogP contribution >= 0.6 is 11.3 Å². The van der Waals surface area contributed by atoms with Gasteiger partial charge in [0.05, 0.1) is 36.5 Å². The molecule has 1 saturated heterocycles. The van der Waals surface area contributed by atoms with Gasteiger partial charge in [0.15, 0.2) is 0 Å². The van der Waals surface area contributed by atoms with Gasteiger partial charge < -0.3 is 14.4 Å². The van der Waals surface area contributed by atoms with Crippen LogP contribution in [0.1, 0.15) is 29.5 Å². The average molecular weight is 355 g/mol. The summed E-state index contributed by atoms with van der Waals surface area (Å²) in [5.41, 5.74) is 2.35. The molecule has 0 amide bonds. The fourth-order valence-electron chi connectivity index (χ4n) is 3.80. The lowest BCUT2D eigenvalue weighted by Gasteiger charge is -2.23. The van der Waals surface area contributed by atoms with Crippen LogP contribution in [0.25, 0.3) is 10.2 Å². The van der Waals surface area contributed by atoms with Crippen molar-refractivity contribution in [3.05, 3.63) is 53.0 Å². The van der Waals surface area contributed by atoms with Crippen LogP contribution in [-0.4, -0.2) is 25.7 Å². The summed E-state index contributed by atoms with van der Waals surface area (Å²) in [6.07, 6.45) is 2.40. The molecule has 0 radical (unpaired) electrons. The van der Waals surface area contributed by atoms with Crippen molar-refractivity contribution in [2.45, 2.75) is 25.4 Å². The summed E-state index contributed by atoms with van der Waals surface area (Å²) >= 11 is 1.81. The van der Waals surface area contributed by atoms with E-state index in [-0.39, 0.29) is 0 Å². The van der Waals surface area contributed by atoms with Crippen LogP contribution in [0.2, 0.25) is 0 Å². The minimum atomic E-state index is 0.428. The minimum absolute atomic E-state index is 0.428. The fraction of sp³-hybridized carbons (Fsp3) is 0.350. The van der Waals surface area contributed by atoms with Gasteiger partial charge in [-0.15, -0.1) is 11.3 Å². The van der Waals surface area contributed by atoms with Crippen LogP contribution in [0.15, 0.2) is 42.5 Å². The Morgan fingerprint density at radius 3 is 2.84 bits per heavy atom. The van der Waals surface area contributed by atoms with Crippen molar-refractivity contribution in [2.75, 3.05) is 20.8 Å². The number of hydrogen-bond donors (Lipinski definition) is 1. The van der Waals surface area contributed by atoms with E-state index in [9.17, 15) is 0 Å². The lowest BCUT2D eigenvalue weighted by molar-refractivity contribution is -0.932. The van der Waals surface area contributed by atoms with Gasteiger partial charge in [0.2, 0.25) is 0 Å². The second-order valence-corrected chi connectivity index (χ2v) is 7.58. The van der Waals surface area contributed by atoms with E-state index in [1.165, 1.54) is 34.7 Å². The van der Waals surface area contributed by atoms with Crippen molar-refractivity contribution in [1.29, 1.82) is 0 Å². The third kappa shape index (κ3) is 3.22. The zero-order chi connectivity index (χ0) is 17.2. The number of methoxy groups -OCH3 is 2. The van der Waals surface area contributed by atoms with Crippen molar-refractivity contribution < 1.29 is 14.4 Å². The molecule has 2 atom stereocenters. The predicted octanol–water partition coefficient (Wildman–Crippen LogP) is 3.23. The number of para-hydroxylation sites is 1. The maximum absolute atomic E-state index is 5.62. The second-order valence-electron chi connectivity index (χ2n) is 6.46. The van der Waals surface area contributed by atoms with Gasteiger partial charge in [-0.05, 0) is 30.3 Å². The van der Waals surface area contributed by atoms with Gasteiger partial charge in [-0.3, -0.25) is 0 Å². The molecule has 1 aliphatic heterocycles. The predicted molar refractivity (Wildman–Crippen MR) is 101 cm³/mol. The molecule has 0 spiro atoms. The Morgan fingerprint density at radius 2 is 2.04 bits per heavy atom. The highest BCUT2D eigenvalue weighted by Crippen LogP contribution is 2.32. The molecular formula is C20H23N2O2S+. The van der Waals surface area contributed by atoms with Crippen molar-refractivity contribution in [3.63, 3.8) is 0 Å². The molecule has 0 bridgehead atoms. The van der Waals surface area contributed by atoms with Crippen LogP contribution < -0.4 is 14.4 Å². The molecule has 1 unspecified atom stereocenters. The number of fused-ring (bicyclic) bond motifs is 1. The first kappa shape index (κ1) is 16.4. The number of nitrogens with zero attached hydrogens (tertiary/aromatic N) is 1. The number of rotatable bonds is 5. The maximum Gasteiger partial charge on any atom is 0.148 e. The minimum Gasteiger partial charge on any atom is -0.497 e. The molecule has 1 fully saturated rings. The second kappa shape index (κ2) is 7.02. The zero-order valence-corrected chi connectivity index (χ0v) is 15.4. The average Bonchev–Trinajstić information content (AvgIpc) is 3.27. The lowest BCUT2D eigenvalue weighted by Crippen LogP contribution is -3.08. The molecule has 2 aromatic carbocycles. The Labute approximate surface area is 152 Å². The van der Waals surface area contributed by atoms with Crippen molar-refractivity contribution in [3.8, 4) is 11.5 Å². The highest BCUT2D eigenvalue weighted by atomic mass is 32.1. The molecule has 1 aromatic heterocycles. The summed E-state index contributed by atoms with van der Waals surface area (Å²) in [6, 6.07) is 14.9. The lowest BCUT2D eigenvalue weighted by atomic mass is 10.0. The van der Waals surface area contributed by atoms with Crippen molar-refractivity contribution >= 4 is 21.6 Å². The van der Waals surface area contributed by atoms with Crippen LogP contribution in [-0.2, 0) is 6.54 Å². The Hall–Kier alpha value is -2.11. The maximum atomic E-state index is 5.62. The first-order valence-corrected chi connectivity index (χ1v) is 9.51. The SMILES string of the molecule is COc1ccc(OC)c([C@H]2CCC[NH+]2Cc2nc3ccccc3s2)c1. The standard InChI is InChI=1S/C20H22N2O2S/c1-23-14-9-10-18(24-2)15(12-14)17-7-5-11-22(17)13-20-21-16-6-3-4-8-19(16)25-20/h3-4,6,8-10,12,17H,5,7,11,13H2,1-2H3/p+1/t17-/m1/s1. The van der Waals surface area contributed by atoms with Crippen LogP contribution in [0.4, 0.5) is 0 Å². The molecule has 3 aromatic rings. The van der Waals surface area contributed by atoms with E-state index >= 15 is 0 Å². The van der Waals surface area contributed by atoms with Gasteiger partial charge in [0, 0.05) is 12.8 Å². The third-order valence-electron chi connectivity index (χ3n) is 5.01. The molecule has 0 saturated carbocycles. The monoisotopic (exact) mass is 355 g/mol. The van der Waals surface area contributed by atoms with Gasteiger partial charge in [-0.1, -0.05) is 12.1 Å². The number of likely N-dealkylation sites (tertiary alicyclic amines) is 1. The number of nitrogens with one attached hydrogen (secondary N) is 1. The summed E-state index contributed by atoms with van der Waals surface area (Å²) in [5.74, 6) is 1.84. The quantitative estimate of drug-likeness (QED) is 0.763. The van der Waals surface area contributed by atoms with Crippen molar-refractivity contribution in [1.82, 2.24) is 4.98 Å². The van der Waals surface area contributed by atoms with Crippen LogP contribution in [0.3, 0.4) is 0 Å². The molecule has 5 heteroatoms. The third-order valence-corrected chi connectivity index (χ3v) is 6.05. The summed E-state index contributed by atoms with van der Waals surface area (Å²) in [4.78, 5) is 6.38. The number of ether oxygens (including phenoxy) is 2. The molecule has 1 N–H and O–H groups in total. The fourth-order valence-corrected chi connectivity index (χ4v) is 4.82. The van der Waals surface area contributed by atoms with E-state index in [0.717, 1.165) is 23.6 Å². The van der Waals surface area contributed by atoms with Gasteiger partial charge in [0.1, 0.15) is 29.1 Å². The van der Waals surface area contributed by atoms with Crippen LogP contribution in [0.5, 0.6) is 11.5 Å². The topological polar surface area (TPSA) is 35.8 Å². The number of hydrogen-bond acceptors (Lipinski definition) is 4. The summed E-state index contributed by atoms with van der Waals surface area (Å²) in [7, 11) is 3.46. The van der Waals surface area contributed by atoms with Gasteiger partial charge in [-0.25, -0.2) is 4.98 Å². The largest absolute Gasteiger partial charge is 0.497 e. The molecule has 4 rings (SSSR count). The molecule has 2 heterocycles. The van der Waals surface area contributed by atoms with Gasteiger partial charge in [-0.2, -0.15) is 0 Å². The first-order chi connectivity index (χ1) is 12.3. The smallest absolute Gasteiger partial charge is 0.148 e. The number of quaternary nitrogens is 1. The zero-order valence-electron chi connectivity index (χ0n) is 14.6. The summed E-state index contributed by atoms with van der Waals surface area (Å²) in [5, 5.41) is 1.21. The van der Waals surface area contributed by atoms with E-state index < -0.39 is 0 Å². The Kier molecular flexibility index (Phi) is 4.59. The number of benzene rings is 2. The van der Waals surface area contributed by atoms with E-state index in [4.69, 9.17) is 14.5 Å². The highest BCUT2D eigenvalue weighted by Gasteiger charge is 2.33. The Morgan fingerprint density at radius 1 is 1.16 bits per heavy atom. The summed E-state index contributed by atoms with van der Waals surface area (Å²) in [6.45, 7) is 2.13. The molecule has 4 nitrogen and oxygen atoms in total. The Balaban J connectivity index is 1.62. The first-order valence-electron chi connectivity index (χ1n) is 8.69. The number of aromatic nitrogens is 1. The van der Waals surface area contributed by atoms with E-state index in [2.05, 4.69) is 30.3 Å². The van der Waals surface area contributed by atoms with E-state index in [1.807, 2.05) is 23.5 Å². The number of thiazole rings is 1. The molecule has 0 aliphatic carbocycles. The van der Waals surface area contributed by atoms with Crippen LogP contribution in [0, 0.1) is 0 Å². The molecule has 1 aliphatic rings. The Bertz CT molecular complexity index is 844. The summed E-state index contributed by atoms with van der Waals surface area (Å²) < 4.78 is 12.3.